The van der Waals surface area contributed by atoms with Crippen molar-refractivity contribution in [3.8, 4) is 5.75 Å². The lowest BCUT2D eigenvalue weighted by molar-refractivity contribution is -0.123. The van der Waals surface area contributed by atoms with Gasteiger partial charge in [0.05, 0.1) is 4.47 Å². The van der Waals surface area contributed by atoms with Crippen LogP contribution in [-0.4, -0.2) is 18.4 Å². The summed E-state index contributed by atoms with van der Waals surface area (Å²) in [5.41, 5.74) is 6.17. The van der Waals surface area contributed by atoms with Gasteiger partial charge in [-0.1, -0.05) is 33.6 Å². The van der Waals surface area contributed by atoms with E-state index in [1.165, 1.54) is 0 Å². The molecule has 0 atom stereocenters. The second kappa shape index (κ2) is 8.12. The fourth-order valence-corrected chi connectivity index (χ4v) is 2.84. The van der Waals surface area contributed by atoms with E-state index >= 15 is 0 Å². The minimum atomic E-state index is -0.458. The number of hydrazine groups is 1. The van der Waals surface area contributed by atoms with Crippen LogP contribution in [0.1, 0.15) is 15.9 Å². The molecule has 0 saturated carbocycles. The lowest BCUT2D eigenvalue weighted by atomic mass is 10.1. The van der Waals surface area contributed by atoms with Gasteiger partial charge in [-0.05, 0) is 53.2 Å². The molecule has 120 valence electrons. The van der Waals surface area contributed by atoms with Crippen LogP contribution < -0.4 is 15.6 Å². The molecule has 7 heteroatoms. The summed E-state index contributed by atoms with van der Waals surface area (Å²) >= 11 is 6.67. The zero-order valence-electron chi connectivity index (χ0n) is 12.2. The van der Waals surface area contributed by atoms with Gasteiger partial charge in [0.15, 0.2) is 6.61 Å². The smallest absolute Gasteiger partial charge is 0.276 e. The molecule has 5 nitrogen and oxygen atoms in total. The van der Waals surface area contributed by atoms with E-state index < -0.39 is 5.91 Å². The number of hydrogen-bond acceptors (Lipinski definition) is 3. The molecule has 0 bridgehead atoms. The normalized spacial score (nSPS) is 10.0. The molecule has 2 N–H and O–H groups in total. The average Bonchev–Trinajstić information content (AvgIpc) is 2.52. The summed E-state index contributed by atoms with van der Waals surface area (Å²) in [5, 5.41) is 0. The molecule has 0 radical (unpaired) electrons. The molecule has 0 aliphatic carbocycles. The minimum Gasteiger partial charge on any atom is -0.483 e. The fourth-order valence-electron chi connectivity index (χ4n) is 1.68. The van der Waals surface area contributed by atoms with E-state index in [4.69, 9.17) is 4.74 Å². The molecule has 23 heavy (non-hydrogen) atoms. The number of rotatable bonds is 4. The van der Waals surface area contributed by atoms with Crippen molar-refractivity contribution in [3.63, 3.8) is 0 Å². The lowest BCUT2D eigenvalue weighted by Gasteiger charge is -2.10. The highest BCUT2D eigenvalue weighted by Crippen LogP contribution is 2.27. The third-order valence-electron chi connectivity index (χ3n) is 2.88. The van der Waals surface area contributed by atoms with Crippen LogP contribution in [0.15, 0.2) is 51.4 Å². The number of carbonyl (C=O) groups is 2. The van der Waals surface area contributed by atoms with Crippen LogP contribution in [0.25, 0.3) is 0 Å². The molecule has 0 aromatic heterocycles. The summed E-state index contributed by atoms with van der Waals surface area (Å²) < 4.78 is 7.00. The van der Waals surface area contributed by atoms with E-state index in [9.17, 15) is 9.59 Å². The molecule has 0 aliphatic heterocycles. The number of aryl methyl sites for hydroxylation is 1. The van der Waals surface area contributed by atoms with Gasteiger partial charge in [-0.2, -0.15) is 0 Å². The van der Waals surface area contributed by atoms with Gasteiger partial charge in [-0.3, -0.25) is 20.4 Å². The molecule has 0 aliphatic rings. The first-order valence-electron chi connectivity index (χ1n) is 6.69. The van der Waals surface area contributed by atoms with Crippen LogP contribution in [0.5, 0.6) is 5.75 Å². The number of amides is 2. The predicted molar refractivity (Wildman–Crippen MR) is 94.1 cm³/mol. The second-order valence-electron chi connectivity index (χ2n) is 4.73. The summed E-state index contributed by atoms with van der Waals surface area (Å²) in [6.07, 6.45) is 0. The number of ether oxygens (including phenoxy) is 1. The zero-order valence-corrected chi connectivity index (χ0v) is 15.4. The van der Waals surface area contributed by atoms with Gasteiger partial charge >= 0.3 is 0 Å². The molecular formula is C16H14Br2N2O3. The number of benzene rings is 2. The lowest BCUT2D eigenvalue weighted by Crippen LogP contribution is -2.43. The number of hydrogen-bond donors (Lipinski definition) is 2. The van der Waals surface area contributed by atoms with Gasteiger partial charge in [0.1, 0.15) is 5.75 Å². The highest BCUT2D eigenvalue weighted by molar-refractivity contribution is 9.11. The first-order valence-corrected chi connectivity index (χ1v) is 8.28. The Kier molecular flexibility index (Phi) is 6.18. The van der Waals surface area contributed by atoms with E-state index in [-0.39, 0.29) is 12.5 Å². The van der Waals surface area contributed by atoms with E-state index in [0.717, 1.165) is 14.5 Å². The van der Waals surface area contributed by atoms with E-state index in [1.54, 1.807) is 24.3 Å². The molecular weight excluding hydrogens is 428 g/mol. The van der Waals surface area contributed by atoms with Crippen molar-refractivity contribution in [2.45, 2.75) is 6.92 Å². The van der Waals surface area contributed by atoms with Crippen LogP contribution in [-0.2, 0) is 4.79 Å². The summed E-state index contributed by atoms with van der Waals surface area (Å²) in [4.78, 5) is 23.6. The Hall–Kier alpha value is -1.86. The minimum absolute atomic E-state index is 0.214. The van der Waals surface area contributed by atoms with E-state index in [1.807, 2.05) is 25.1 Å². The van der Waals surface area contributed by atoms with Crippen molar-refractivity contribution in [2.75, 3.05) is 6.61 Å². The molecule has 2 aromatic carbocycles. The Morgan fingerprint density at radius 2 is 1.74 bits per heavy atom. The van der Waals surface area contributed by atoms with Crippen LogP contribution in [0.4, 0.5) is 0 Å². The summed E-state index contributed by atoms with van der Waals surface area (Å²) in [6, 6.07) is 12.4. The second-order valence-corrected chi connectivity index (χ2v) is 6.50. The maximum atomic E-state index is 11.8. The molecule has 0 saturated heterocycles. The zero-order chi connectivity index (χ0) is 16.8. The third-order valence-corrected chi connectivity index (χ3v) is 3.99. The molecule has 0 fully saturated rings. The van der Waals surface area contributed by atoms with Crippen molar-refractivity contribution in [1.29, 1.82) is 0 Å². The van der Waals surface area contributed by atoms with Gasteiger partial charge in [0, 0.05) is 10.0 Å². The van der Waals surface area contributed by atoms with Crippen LogP contribution >= 0.6 is 31.9 Å². The third kappa shape index (κ3) is 5.37. The number of nitrogens with one attached hydrogen (secondary N) is 2. The topological polar surface area (TPSA) is 67.4 Å². The molecule has 0 heterocycles. The Morgan fingerprint density at radius 1 is 1.04 bits per heavy atom. The molecule has 0 spiro atoms. The van der Waals surface area contributed by atoms with Crippen molar-refractivity contribution >= 4 is 43.7 Å². The SMILES string of the molecule is Cc1ccc(C(=O)NNC(=O)COc2ccc(Br)cc2Br)cc1. The van der Waals surface area contributed by atoms with Crippen LogP contribution in [0.3, 0.4) is 0 Å². The predicted octanol–water partition coefficient (Wildman–Crippen LogP) is 3.36. The van der Waals surface area contributed by atoms with Gasteiger partial charge in [0.2, 0.25) is 0 Å². The highest BCUT2D eigenvalue weighted by Gasteiger charge is 2.09. The highest BCUT2D eigenvalue weighted by atomic mass is 79.9. The molecule has 2 rings (SSSR count). The molecule has 2 amide bonds. The van der Waals surface area contributed by atoms with Crippen molar-refractivity contribution < 1.29 is 14.3 Å². The van der Waals surface area contributed by atoms with Crippen molar-refractivity contribution in [2.24, 2.45) is 0 Å². The monoisotopic (exact) mass is 440 g/mol. The number of halogens is 2. The van der Waals surface area contributed by atoms with E-state index in [2.05, 4.69) is 42.7 Å². The van der Waals surface area contributed by atoms with Gasteiger partial charge in [-0.25, -0.2) is 0 Å². The van der Waals surface area contributed by atoms with Gasteiger partial charge in [0.25, 0.3) is 11.8 Å². The average molecular weight is 442 g/mol. The van der Waals surface area contributed by atoms with Crippen LogP contribution in [0, 0.1) is 6.92 Å². The Labute approximate surface area is 150 Å². The quantitative estimate of drug-likeness (QED) is 0.715. The molecule has 2 aromatic rings. The van der Waals surface area contributed by atoms with E-state index in [0.29, 0.717) is 11.3 Å². The number of carbonyl (C=O) groups excluding carboxylic acids is 2. The summed E-state index contributed by atoms with van der Waals surface area (Å²) in [6.45, 7) is 1.72. The van der Waals surface area contributed by atoms with Crippen molar-refractivity contribution in [1.82, 2.24) is 10.9 Å². The van der Waals surface area contributed by atoms with Crippen LogP contribution in [0.2, 0.25) is 0 Å². The Balaban J connectivity index is 1.81. The summed E-state index contributed by atoms with van der Waals surface area (Å²) in [5.74, 6) is -0.309. The first kappa shape index (κ1) is 17.5. The maximum absolute atomic E-state index is 11.8. The van der Waals surface area contributed by atoms with Gasteiger partial charge in [-0.15, -0.1) is 0 Å². The largest absolute Gasteiger partial charge is 0.483 e. The summed E-state index contributed by atoms with van der Waals surface area (Å²) in [7, 11) is 0. The fraction of sp³-hybridized carbons (Fsp3) is 0.125. The first-order chi connectivity index (χ1) is 11.0. The molecule has 0 unspecified atom stereocenters. The van der Waals surface area contributed by atoms with Crippen molar-refractivity contribution in [3.05, 3.63) is 62.5 Å². The van der Waals surface area contributed by atoms with Gasteiger partial charge < -0.3 is 4.74 Å². The maximum Gasteiger partial charge on any atom is 0.276 e. The Morgan fingerprint density at radius 3 is 2.39 bits per heavy atom. The standard InChI is InChI=1S/C16H14Br2N2O3/c1-10-2-4-11(5-3-10)16(22)20-19-15(21)9-23-14-7-6-12(17)8-13(14)18/h2-8H,9H2,1H3,(H,19,21)(H,20,22). The Bertz CT molecular complexity index is 718.